The molecule has 3 fully saturated rings. The third-order valence-electron chi connectivity index (χ3n) is 6.85. The number of hydrogen-bond donors (Lipinski definition) is 2. The number of rotatable bonds is 5. The van der Waals surface area contributed by atoms with Crippen LogP contribution in [0.1, 0.15) is 50.6 Å². The molecule has 4 nitrogen and oxygen atoms in total. The lowest BCUT2D eigenvalue weighted by atomic mass is 9.92. The van der Waals surface area contributed by atoms with Crippen molar-refractivity contribution >= 4 is 0 Å². The summed E-state index contributed by atoms with van der Waals surface area (Å²) in [6.45, 7) is 7.55. The molecule has 0 bridgehead atoms. The Kier molecular flexibility index (Phi) is 6.26. The summed E-state index contributed by atoms with van der Waals surface area (Å²) in [5, 5.41) is 7.74. The van der Waals surface area contributed by atoms with Gasteiger partial charge in [-0.25, -0.2) is 0 Å². The zero-order valence-corrected chi connectivity index (χ0v) is 16.2. The molecular formula is C22H35N3O. The van der Waals surface area contributed by atoms with E-state index in [1.807, 2.05) is 0 Å². The molecule has 3 aliphatic rings. The Morgan fingerprint density at radius 3 is 2.65 bits per heavy atom. The lowest BCUT2D eigenvalue weighted by Gasteiger charge is -2.39. The van der Waals surface area contributed by atoms with Crippen LogP contribution in [-0.2, 0) is 4.74 Å². The summed E-state index contributed by atoms with van der Waals surface area (Å²) in [5.74, 6) is 0.747. The number of morpholine rings is 1. The summed E-state index contributed by atoms with van der Waals surface area (Å²) in [7, 11) is 0. The van der Waals surface area contributed by atoms with Crippen LogP contribution in [0.2, 0.25) is 0 Å². The van der Waals surface area contributed by atoms with E-state index in [4.69, 9.17) is 4.74 Å². The van der Waals surface area contributed by atoms with Gasteiger partial charge in [0.1, 0.15) is 0 Å². The average molecular weight is 358 g/mol. The molecule has 4 rings (SSSR count). The fourth-order valence-corrected chi connectivity index (χ4v) is 5.24. The summed E-state index contributed by atoms with van der Waals surface area (Å²) < 4.78 is 5.72. The maximum absolute atomic E-state index is 5.72. The van der Waals surface area contributed by atoms with Crippen LogP contribution in [0.3, 0.4) is 0 Å². The first-order valence-corrected chi connectivity index (χ1v) is 10.7. The van der Waals surface area contributed by atoms with Crippen LogP contribution >= 0.6 is 0 Å². The number of piperidine rings is 1. The topological polar surface area (TPSA) is 36.5 Å². The van der Waals surface area contributed by atoms with Crippen LogP contribution in [0.15, 0.2) is 30.3 Å². The molecule has 2 heterocycles. The van der Waals surface area contributed by atoms with Crippen LogP contribution in [0.4, 0.5) is 0 Å². The predicted molar refractivity (Wildman–Crippen MR) is 106 cm³/mol. The highest BCUT2D eigenvalue weighted by Gasteiger charge is 2.36. The molecule has 0 spiro atoms. The van der Waals surface area contributed by atoms with Gasteiger partial charge in [-0.2, -0.15) is 0 Å². The van der Waals surface area contributed by atoms with Gasteiger partial charge in [-0.15, -0.1) is 0 Å². The monoisotopic (exact) mass is 357 g/mol. The van der Waals surface area contributed by atoms with Gasteiger partial charge in [-0.05, 0) is 44.1 Å². The highest BCUT2D eigenvalue weighted by atomic mass is 16.5. The lowest BCUT2D eigenvalue weighted by Crippen LogP contribution is -2.53. The number of hydrogen-bond acceptors (Lipinski definition) is 4. The maximum Gasteiger partial charge on any atom is 0.0623 e. The SMILES string of the molecule is CC(c1ccccc1)N1CCC(NC2CCCC2C2COCCN2)CC1. The Balaban J connectivity index is 1.27. The van der Waals surface area contributed by atoms with Crippen LogP contribution in [-0.4, -0.2) is 55.9 Å². The van der Waals surface area contributed by atoms with Crippen molar-refractivity contribution in [1.82, 2.24) is 15.5 Å². The molecular weight excluding hydrogens is 322 g/mol. The van der Waals surface area contributed by atoms with Gasteiger partial charge in [0.15, 0.2) is 0 Å². The fraction of sp³-hybridized carbons (Fsp3) is 0.727. The second-order valence-electron chi connectivity index (χ2n) is 8.40. The predicted octanol–water partition coefficient (Wildman–Crippen LogP) is 2.96. The summed E-state index contributed by atoms with van der Waals surface area (Å²) >= 11 is 0. The molecule has 2 aliphatic heterocycles. The average Bonchev–Trinajstić information content (AvgIpc) is 3.17. The number of nitrogens with one attached hydrogen (secondary N) is 2. The Labute approximate surface area is 158 Å². The van der Waals surface area contributed by atoms with E-state index in [2.05, 4.69) is 52.8 Å². The van der Waals surface area contributed by atoms with Gasteiger partial charge in [0.2, 0.25) is 0 Å². The molecule has 1 aliphatic carbocycles. The minimum absolute atomic E-state index is 0.528. The Morgan fingerprint density at radius 1 is 1.12 bits per heavy atom. The third-order valence-corrected chi connectivity index (χ3v) is 6.85. The highest BCUT2D eigenvalue weighted by Crippen LogP contribution is 2.31. The van der Waals surface area contributed by atoms with Crippen LogP contribution < -0.4 is 10.6 Å². The van der Waals surface area contributed by atoms with Gasteiger partial charge in [-0.3, -0.25) is 4.90 Å². The standard InChI is InChI=1S/C22H35N3O/c1-17(18-6-3-2-4-7-18)25-13-10-19(11-14-25)24-21-9-5-8-20(21)22-16-26-15-12-23-22/h2-4,6-7,17,19-24H,5,8-16H2,1H3. The first-order valence-electron chi connectivity index (χ1n) is 10.7. The number of likely N-dealkylation sites (tertiary alicyclic amines) is 1. The van der Waals surface area contributed by atoms with Gasteiger partial charge in [-0.1, -0.05) is 36.8 Å². The molecule has 0 amide bonds. The van der Waals surface area contributed by atoms with E-state index >= 15 is 0 Å². The summed E-state index contributed by atoms with van der Waals surface area (Å²) in [6, 6.07) is 13.4. The third kappa shape index (κ3) is 4.30. The maximum atomic E-state index is 5.72. The summed E-state index contributed by atoms with van der Waals surface area (Å²) in [6.07, 6.45) is 6.60. The van der Waals surface area contributed by atoms with Crippen molar-refractivity contribution in [2.75, 3.05) is 32.8 Å². The number of nitrogens with zero attached hydrogens (tertiary/aromatic N) is 1. The van der Waals surface area contributed by atoms with E-state index in [-0.39, 0.29) is 0 Å². The zero-order chi connectivity index (χ0) is 17.8. The van der Waals surface area contributed by atoms with Crippen molar-refractivity contribution in [3.8, 4) is 0 Å². The zero-order valence-electron chi connectivity index (χ0n) is 16.2. The molecule has 4 atom stereocenters. The Bertz CT molecular complexity index is 538. The summed E-state index contributed by atoms with van der Waals surface area (Å²) in [4.78, 5) is 2.65. The molecule has 1 aromatic carbocycles. The summed E-state index contributed by atoms with van der Waals surface area (Å²) in [5.41, 5.74) is 1.44. The molecule has 2 N–H and O–H groups in total. The van der Waals surface area contributed by atoms with Gasteiger partial charge in [0.05, 0.1) is 13.2 Å². The second kappa shape index (κ2) is 8.83. The van der Waals surface area contributed by atoms with Crippen molar-refractivity contribution in [2.45, 2.75) is 63.2 Å². The van der Waals surface area contributed by atoms with Crippen molar-refractivity contribution < 1.29 is 4.74 Å². The minimum atomic E-state index is 0.528. The fourth-order valence-electron chi connectivity index (χ4n) is 5.24. The van der Waals surface area contributed by atoms with Crippen molar-refractivity contribution in [3.63, 3.8) is 0 Å². The molecule has 144 valence electrons. The van der Waals surface area contributed by atoms with Crippen LogP contribution in [0.5, 0.6) is 0 Å². The lowest BCUT2D eigenvalue weighted by molar-refractivity contribution is 0.0502. The number of ether oxygens (including phenoxy) is 1. The highest BCUT2D eigenvalue weighted by molar-refractivity contribution is 5.18. The second-order valence-corrected chi connectivity index (χ2v) is 8.40. The first-order chi connectivity index (χ1) is 12.8. The van der Waals surface area contributed by atoms with E-state index in [0.717, 1.165) is 25.7 Å². The van der Waals surface area contributed by atoms with Crippen molar-refractivity contribution in [1.29, 1.82) is 0 Å². The number of benzene rings is 1. The smallest absolute Gasteiger partial charge is 0.0623 e. The largest absolute Gasteiger partial charge is 0.379 e. The van der Waals surface area contributed by atoms with E-state index < -0.39 is 0 Å². The van der Waals surface area contributed by atoms with Crippen LogP contribution in [0.25, 0.3) is 0 Å². The van der Waals surface area contributed by atoms with Gasteiger partial charge >= 0.3 is 0 Å². The molecule has 1 aromatic rings. The molecule has 26 heavy (non-hydrogen) atoms. The molecule has 0 aromatic heterocycles. The Hall–Kier alpha value is -0.940. The molecule has 4 heteroatoms. The van der Waals surface area contributed by atoms with Crippen molar-refractivity contribution in [2.24, 2.45) is 5.92 Å². The first kappa shape index (κ1) is 18.4. The quantitative estimate of drug-likeness (QED) is 0.849. The molecule has 1 saturated carbocycles. The minimum Gasteiger partial charge on any atom is -0.379 e. The molecule has 0 radical (unpaired) electrons. The van der Waals surface area contributed by atoms with Gasteiger partial charge < -0.3 is 15.4 Å². The normalized spacial score (nSPS) is 32.6. The van der Waals surface area contributed by atoms with Crippen molar-refractivity contribution in [3.05, 3.63) is 35.9 Å². The van der Waals surface area contributed by atoms with E-state index in [1.165, 1.54) is 50.8 Å². The van der Waals surface area contributed by atoms with Crippen LogP contribution in [0, 0.1) is 5.92 Å². The molecule has 2 saturated heterocycles. The van der Waals surface area contributed by atoms with E-state index in [9.17, 15) is 0 Å². The Morgan fingerprint density at radius 2 is 1.92 bits per heavy atom. The van der Waals surface area contributed by atoms with Gasteiger partial charge in [0, 0.05) is 43.8 Å². The van der Waals surface area contributed by atoms with Gasteiger partial charge in [0.25, 0.3) is 0 Å². The van der Waals surface area contributed by atoms with E-state index in [0.29, 0.717) is 24.2 Å². The molecule has 4 unspecified atom stereocenters. The van der Waals surface area contributed by atoms with E-state index in [1.54, 1.807) is 0 Å².